The van der Waals surface area contributed by atoms with Gasteiger partial charge in [-0.05, 0) is 25.5 Å². The van der Waals surface area contributed by atoms with Crippen LogP contribution in [0.3, 0.4) is 0 Å². The van der Waals surface area contributed by atoms with Crippen LogP contribution >= 0.6 is 0 Å². The summed E-state index contributed by atoms with van der Waals surface area (Å²) in [6, 6.07) is 2.61. The molecule has 16 heavy (non-hydrogen) atoms. The van der Waals surface area contributed by atoms with Gasteiger partial charge in [0.25, 0.3) is 0 Å². The summed E-state index contributed by atoms with van der Waals surface area (Å²) in [6.07, 6.45) is 8.44. The monoisotopic (exact) mass is 212 g/mol. The maximum absolute atomic E-state index is 4.25. The van der Waals surface area contributed by atoms with E-state index in [9.17, 15) is 0 Å². The summed E-state index contributed by atoms with van der Waals surface area (Å²) in [6.45, 7) is 4.43. The minimum absolute atomic E-state index is 0.484. The molecule has 2 heteroatoms. The van der Waals surface area contributed by atoms with Crippen molar-refractivity contribution in [1.29, 1.82) is 0 Å². The molecule has 0 N–H and O–H groups in total. The molecule has 2 unspecified atom stereocenters. The molecule has 1 aromatic heterocycles. The Labute approximate surface area is 96.3 Å². The van der Waals surface area contributed by atoms with E-state index >= 15 is 0 Å². The summed E-state index contributed by atoms with van der Waals surface area (Å²) >= 11 is 0. The van der Waals surface area contributed by atoms with E-state index in [2.05, 4.69) is 49.0 Å². The summed E-state index contributed by atoms with van der Waals surface area (Å²) in [5.41, 5.74) is 5.56. The lowest BCUT2D eigenvalue weighted by Gasteiger charge is -2.30. The number of fused-ring (bicyclic) bond motifs is 3. The van der Waals surface area contributed by atoms with Gasteiger partial charge in [0.05, 0.1) is 6.04 Å². The van der Waals surface area contributed by atoms with Crippen molar-refractivity contribution in [1.82, 2.24) is 4.98 Å². The Hall–Kier alpha value is -1.57. The van der Waals surface area contributed by atoms with Crippen molar-refractivity contribution in [2.45, 2.75) is 25.8 Å². The molecule has 0 amide bonds. The van der Waals surface area contributed by atoms with Crippen LogP contribution in [0.5, 0.6) is 0 Å². The average molecular weight is 212 g/mol. The SMILES string of the molecule is CC1=C(C)C2C(C=C1)c1cnccc1N2C. The number of aromatic nitrogens is 1. The normalized spacial score (nSPS) is 27.1. The molecule has 0 fully saturated rings. The Balaban J connectivity index is 2.17. The number of hydrogen-bond acceptors (Lipinski definition) is 2. The fraction of sp³-hybridized carbons (Fsp3) is 0.357. The smallest absolute Gasteiger partial charge is 0.0606 e. The van der Waals surface area contributed by atoms with Crippen LogP contribution in [-0.2, 0) is 0 Å². The molecule has 0 saturated heterocycles. The van der Waals surface area contributed by atoms with Gasteiger partial charge in [-0.2, -0.15) is 0 Å². The number of anilines is 1. The van der Waals surface area contributed by atoms with Crippen molar-refractivity contribution in [3.05, 3.63) is 47.3 Å². The predicted molar refractivity (Wildman–Crippen MR) is 66.7 cm³/mol. The van der Waals surface area contributed by atoms with Crippen LogP contribution in [0.4, 0.5) is 5.69 Å². The highest BCUT2D eigenvalue weighted by atomic mass is 15.2. The van der Waals surface area contributed by atoms with Crippen LogP contribution in [0.15, 0.2) is 41.8 Å². The van der Waals surface area contributed by atoms with Crippen LogP contribution in [0.1, 0.15) is 25.3 Å². The topological polar surface area (TPSA) is 16.1 Å². The first-order chi connectivity index (χ1) is 7.70. The Kier molecular flexibility index (Phi) is 1.93. The lowest BCUT2D eigenvalue weighted by molar-refractivity contribution is 0.677. The minimum Gasteiger partial charge on any atom is -0.367 e. The summed E-state index contributed by atoms with van der Waals surface area (Å²) in [4.78, 5) is 6.63. The maximum atomic E-state index is 4.25. The summed E-state index contributed by atoms with van der Waals surface area (Å²) in [7, 11) is 2.18. The fourth-order valence-electron chi connectivity index (χ4n) is 2.92. The molecule has 0 radical (unpaired) electrons. The quantitative estimate of drug-likeness (QED) is 0.657. The zero-order valence-electron chi connectivity index (χ0n) is 9.94. The van der Waals surface area contributed by atoms with Crippen molar-refractivity contribution in [3.63, 3.8) is 0 Å². The van der Waals surface area contributed by atoms with Gasteiger partial charge in [0.2, 0.25) is 0 Å². The van der Waals surface area contributed by atoms with Gasteiger partial charge >= 0.3 is 0 Å². The third-order valence-electron chi connectivity index (χ3n) is 3.94. The molecule has 1 aliphatic heterocycles. The first-order valence-electron chi connectivity index (χ1n) is 5.72. The molecule has 2 heterocycles. The molecule has 2 nitrogen and oxygen atoms in total. The lowest BCUT2D eigenvalue weighted by Crippen LogP contribution is -2.32. The summed E-state index contributed by atoms with van der Waals surface area (Å²) < 4.78 is 0. The first-order valence-corrected chi connectivity index (χ1v) is 5.72. The highest BCUT2D eigenvalue weighted by molar-refractivity contribution is 5.65. The third kappa shape index (κ3) is 1.10. The van der Waals surface area contributed by atoms with E-state index in [1.165, 1.54) is 22.4 Å². The van der Waals surface area contributed by atoms with E-state index in [0.717, 1.165) is 0 Å². The van der Waals surface area contributed by atoms with E-state index in [1.54, 1.807) is 0 Å². The average Bonchev–Trinajstić information content (AvgIpc) is 2.59. The van der Waals surface area contributed by atoms with E-state index in [1.807, 2.05) is 12.4 Å². The molecule has 82 valence electrons. The van der Waals surface area contributed by atoms with E-state index in [0.29, 0.717) is 12.0 Å². The number of allylic oxidation sites excluding steroid dienone is 2. The Morgan fingerprint density at radius 2 is 2.12 bits per heavy atom. The molecule has 1 aromatic rings. The zero-order chi connectivity index (χ0) is 11.3. The summed E-state index contributed by atoms with van der Waals surface area (Å²) in [5.74, 6) is 0.484. The van der Waals surface area contributed by atoms with Crippen LogP contribution in [0.25, 0.3) is 0 Å². The van der Waals surface area contributed by atoms with Gasteiger partial charge in [-0.1, -0.05) is 17.7 Å². The molecule has 0 spiro atoms. The van der Waals surface area contributed by atoms with Crippen LogP contribution in [0, 0.1) is 0 Å². The van der Waals surface area contributed by atoms with Crippen LogP contribution < -0.4 is 4.90 Å². The van der Waals surface area contributed by atoms with Gasteiger partial charge in [0.1, 0.15) is 0 Å². The van der Waals surface area contributed by atoms with E-state index in [4.69, 9.17) is 0 Å². The minimum atomic E-state index is 0.484. The zero-order valence-corrected chi connectivity index (χ0v) is 9.94. The second-order valence-corrected chi connectivity index (χ2v) is 4.74. The molecule has 0 bridgehead atoms. The third-order valence-corrected chi connectivity index (χ3v) is 3.94. The van der Waals surface area contributed by atoms with Gasteiger partial charge in [0.15, 0.2) is 0 Å². The fourth-order valence-corrected chi connectivity index (χ4v) is 2.92. The van der Waals surface area contributed by atoms with Gasteiger partial charge < -0.3 is 4.90 Å². The van der Waals surface area contributed by atoms with Crippen molar-refractivity contribution in [2.75, 3.05) is 11.9 Å². The van der Waals surface area contributed by atoms with Gasteiger partial charge in [0, 0.05) is 36.6 Å². The standard InChI is InChI=1S/C14H16N2/c1-9-4-5-11-12-8-15-7-6-13(12)16(3)14(11)10(9)2/h4-8,11,14H,1-3H3. The molecular formula is C14H16N2. The van der Waals surface area contributed by atoms with Gasteiger partial charge in [-0.3, -0.25) is 4.98 Å². The molecule has 0 aromatic carbocycles. The molecule has 2 atom stereocenters. The highest BCUT2D eigenvalue weighted by Crippen LogP contribution is 2.45. The number of likely N-dealkylation sites (N-methyl/N-ethyl adjacent to an activating group) is 1. The number of nitrogens with zero attached hydrogens (tertiary/aromatic N) is 2. The molecular weight excluding hydrogens is 196 g/mol. The Bertz CT molecular complexity index is 499. The second kappa shape index (κ2) is 3.21. The van der Waals surface area contributed by atoms with Crippen LogP contribution in [0.2, 0.25) is 0 Å². The maximum Gasteiger partial charge on any atom is 0.0606 e. The molecule has 0 saturated carbocycles. The van der Waals surface area contributed by atoms with Gasteiger partial charge in [-0.25, -0.2) is 0 Å². The van der Waals surface area contributed by atoms with Crippen molar-refractivity contribution >= 4 is 5.69 Å². The van der Waals surface area contributed by atoms with Crippen molar-refractivity contribution in [2.24, 2.45) is 0 Å². The first kappa shape index (κ1) is 9.64. The number of hydrogen-bond donors (Lipinski definition) is 0. The second-order valence-electron chi connectivity index (χ2n) is 4.74. The summed E-state index contributed by atoms with van der Waals surface area (Å²) in [5, 5.41) is 0. The predicted octanol–water partition coefficient (Wildman–Crippen LogP) is 2.89. The highest BCUT2D eigenvalue weighted by Gasteiger charge is 2.37. The van der Waals surface area contributed by atoms with Crippen LogP contribution in [-0.4, -0.2) is 18.1 Å². The largest absolute Gasteiger partial charge is 0.367 e. The van der Waals surface area contributed by atoms with E-state index in [-0.39, 0.29) is 0 Å². The Morgan fingerprint density at radius 3 is 2.94 bits per heavy atom. The molecule has 2 aliphatic rings. The van der Waals surface area contributed by atoms with Gasteiger partial charge in [-0.15, -0.1) is 0 Å². The molecule has 3 rings (SSSR count). The number of pyridine rings is 1. The van der Waals surface area contributed by atoms with E-state index < -0.39 is 0 Å². The van der Waals surface area contributed by atoms with Crippen molar-refractivity contribution < 1.29 is 0 Å². The van der Waals surface area contributed by atoms with Crippen molar-refractivity contribution in [3.8, 4) is 0 Å². The molecule has 1 aliphatic carbocycles. The lowest BCUT2D eigenvalue weighted by atomic mass is 9.85. The Morgan fingerprint density at radius 1 is 1.31 bits per heavy atom. The number of rotatable bonds is 0.